The van der Waals surface area contributed by atoms with Crippen molar-refractivity contribution in [2.45, 2.75) is 30.7 Å². The third kappa shape index (κ3) is 4.91. The predicted octanol–water partition coefficient (Wildman–Crippen LogP) is 2.36. The van der Waals surface area contributed by atoms with Crippen LogP contribution in [0.1, 0.15) is 17.5 Å². The van der Waals surface area contributed by atoms with Crippen molar-refractivity contribution in [1.29, 1.82) is 0 Å². The summed E-state index contributed by atoms with van der Waals surface area (Å²) in [6.45, 7) is 1.85. The molecular formula is C17H19NO4S. The van der Waals surface area contributed by atoms with Crippen LogP contribution in [0, 0.1) is 6.92 Å². The van der Waals surface area contributed by atoms with Gasteiger partial charge in [0.05, 0.1) is 4.90 Å². The van der Waals surface area contributed by atoms with E-state index in [9.17, 15) is 18.3 Å². The molecule has 0 heterocycles. The molecule has 0 radical (unpaired) electrons. The van der Waals surface area contributed by atoms with Crippen molar-refractivity contribution in [2.24, 2.45) is 0 Å². The minimum atomic E-state index is -3.86. The Bertz CT molecular complexity index is 755. The van der Waals surface area contributed by atoms with E-state index in [1.807, 2.05) is 37.3 Å². The first-order valence-corrected chi connectivity index (χ1v) is 8.72. The van der Waals surface area contributed by atoms with E-state index in [0.717, 1.165) is 11.1 Å². The number of hydrogen-bond acceptors (Lipinski definition) is 3. The van der Waals surface area contributed by atoms with Gasteiger partial charge in [-0.2, -0.15) is 4.72 Å². The van der Waals surface area contributed by atoms with Gasteiger partial charge in [-0.3, -0.25) is 4.79 Å². The first-order valence-electron chi connectivity index (χ1n) is 7.24. The molecule has 0 fully saturated rings. The topological polar surface area (TPSA) is 83.5 Å². The van der Waals surface area contributed by atoms with Crippen LogP contribution in [-0.2, 0) is 21.2 Å². The van der Waals surface area contributed by atoms with Crippen molar-refractivity contribution in [2.75, 3.05) is 0 Å². The number of hydrogen-bond donors (Lipinski definition) is 2. The quantitative estimate of drug-likeness (QED) is 0.815. The summed E-state index contributed by atoms with van der Waals surface area (Å²) in [5.41, 5.74) is 1.90. The second kappa shape index (κ2) is 7.39. The molecule has 0 amide bonds. The second-order valence-corrected chi connectivity index (χ2v) is 7.06. The van der Waals surface area contributed by atoms with Crippen LogP contribution in [-0.4, -0.2) is 25.5 Å². The Kier molecular flexibility index (Phi) is 5.52. The molecule has 0 aliphatic rings. The van der Waals surface area contributed by atoms with E-state index in [4.69, 9.17) is 0 Å². The summed E-state index contributed by atoms with van der Waals surface area (Å²) in [5, 5.41) is 9.28. The Morgan fingerprint density at radius 2 is 1.70 bits per heavy atom. The fourth-order valence-corrected chi connectivity index (χ4v) is 3.38. The van der Waals surface area contributed by atoms with Gasteiger partial charge in [0.15, 0.2) is 0 Å². The minimum Gasteiger partial charge on any atom is -0.480 e. The van der Waals surface area contributed by atoms with E-state index in [0.29, 0.717) is 6.42 Å². The molecule has 2 aromatic carbocycles. The number of carboxylic acids is 1. The number of carbonyl (C=O) groups is 1. The number of aryl methyl sites for hydroxylation is 2. The summed E-state index contributed by atoms with van der Waals surface area (Å²) in [6, 6.07) is 14.5. The predicted molar refractivity (Wildman–Crippen MR) is 87.7 cm³/mol. The number of sulfonamides is 1. The van der Waals surface area contributed by atoms with Crippen molar-refractivity contribution in [3.05, 3.63) is 65.7 Å². The van der Waals surface area contributed by atoms with Crippen molar-refractivity contribution in [1.82, 2.24) is 4.72 Å². The van der Waals surface area contributed by atoms with Gasteiger partial charge in [-0.1, -0.05) is 48.0 Å². The van der Waals surface area contributed by atoms with E-state index in [1.165, 1.54) is 12.1 Å². The van der Waals surface area contributed by atoms with Gasteiger partial charge in [0.25, 0.3) is 0 Å². The van der Waals surface area contributed by atoms with E-state index >= 15 is 0 Å². The highest BCUT2D eigenvalue weighted by molar-refractivity contribution is 7.89. The van der Waals surface area contributed by atoms with Gasteiger partial charge in [-0.05, 0) is 37.5 Å². The zero-order valence-electron chi connectivity index (χ0n) is 12.8. The fraction of sp³-hybridized carbons (Fsp3) is 0.235. The molecule has 2 aromatic rings. The summed E-state index contributed by atoms with van der Waals surface area (Å²) < 4.78 is 26.9. The summed E-state index contributed by atoms with van der Waals surface area (Å²) in [5.74, 6) is -1.18. The first kappa shape index (κ1) is 17.2. The van der Waals surface area contributed by atoms with Crippen LogP contribution in [0.5, 0.6) is 0 Å². The van der Waals surface area contributed by atoms with Crippen LogP contribution in [0.3, 0.4) is 0 Å². The van der Waals surface area contributed by atoms with Crippen LogP contribution in [0.4, 0.5) is 0 Å². The number of aliphatic carboxylic acids is 1. The molecule has 0 saturated heterocycles. The first-order chi connectivity index (χ1) is 10.9. The average molecular weight is 333 g/mol. The monoisotopic (exact) mass is 333 g/mol. The molecule has 0 aliphatic carbocycles. The lowest BCUT2D eigenvalue weighted by atomic mass is 10.1. The second-order valence-electron chi connectivity index (χ2n) is 5.35. The summed E-state index contributed by atoms with van der Waals surface area (Å²) >= 11 is 0. The largest absolute Gasteiger partial charge is 0.480 e. The average Bonchev–Trinajstić information content (AvgIpc) is 2.52. The van der Waals surface area contributed by atoms with E-state index in [2.05, 4.69) is 4.72 Å². The van der Waals surface area contributed by atoms with Crippen molar-refractivity contribution < 1.29 is 18.3 Å². The van der Waals surface area contributed by atoms with Crippen molar-refractivity contribution in [3.63, 3.8) is 0 Å². The molecule has 6 heteroatoms. The molecular weight excluding hydrogens is 314 g/mol. The van der Waals surface area contributed by atoms with E-state index < -0.39 is 22.0 Å². The van der Waals surface area contributed by atoms with Gasteiger partial charge in [0, 0.05) is 0 Å². The van der Waals surface area contributed by atoms with Crippen LogP contribution >= 0.6 is 0 Å². The molecule has 0 bridgehead atoms. The highest BCUT2D eigenvalue weighted by Gasteiger charge is 2.25. The smallest absolute Gasteiger partial charge is 0.321 e. The lowest BCUT2D eigenvalue weighted by Crippen LogP contribution is -2.41. The maximum Gasteiger partial charge on any atom is 0.321 e. The van der Waals surface area contributed by atoms with Gasteiger partial charge in [-0.15, -0.1) is 0 Å². The van der Waals surface area contributed by atoms with E-state index in [-0.39, 0.29) is 11.3 Å². The molecule has 122 valence electrons. The highest BCUT2D eigenvalue weighted by atomic mass is 32.2. The summed E-state index contributed by atoms with van der Waals surface area (Å²) in [7, 11) is -3.86. The number of rotatable bonds is 7. The molecule has 1 atom stereocenters. The molecule has 2 N–H and O–H groups in total. The van der Waals surface area contributed by atoms with Crippen molar-refractivity contribution in [3.8, 4) is 0 Å². The Morgan fingerprint density at radius 1 is 1.09 bits per heavy atom. The Morgan fingerprint density at radius 3 is 2.26 bits per heavy atom. The van der Waals surface area contributed by atoms with Crippen LogP contribution in [0.15, 0.2) is 59.5 Å². The molecule has 0 saturated carbocycles. The minimum absolute atomic E-state index is 0.0639. The Labute approximate surface area is 136 Å². The zero-order chi connectivity index (χ0) is 16.9. The van der Waals surface area contributed by atoms with Gasteiger partial charge in [-0.25, -0.2) is 8.42 Å². The Balaban J connectivity index is 2.09. The third-order valence-electron chi connectivity index (χ3n) is 3.49. The van der Waals surface area contributed by atoms with Gasteiger partial charge < -0.3 is 5.11 Å². The lowest BCUT2D eigenvalue weighted by Gasteiger charge is -2.15. The summed E-state index contributed by atoms with van der Waals surface area (Å²) in [6.07, 6.45) is 0.665. The maximum atomic E-state index is 12.3. The molecule has 0 aromatic heterocycles. The number of carboxylic acid groups (broad SMARTS) is 1. The maximum absolute atomic E-state index is 12.3. The van der Waals surface area contributed by atoms with E-state index in [1.54, 1.807) is 12.1 Å². The van der Waals surface area contributed by atoms with Crippen LogP contribution < -0.4 is 4.72 Å². The Hall–Kier alpha value is -2.18. The zero-order valence-corrected chi connectivity index (χ0v) is 13.6. The van der Waals surface area contributed by atoms with Gasteiger partial charge in [0.2, 0.25) is 10.0 Å². The highest BCUT2D eigenvalue weighted by Crippen LogP contribution is 2.12. The standard InChI is InChI=1S/C17H19NO4S/c1-13-7-10-15(11-8-13)23(21,22)18-16(17(19)20)12-9-14-5-3-2-4-6-14/h2-8,10-11,16,18H,9,12H2,1H3,(H,19,20)/t16-/m0/s1. The number of benzene rings is 2. The molecule has 23 heavy (non-hydrogen) atoms. The molecule has 2 rings (SSSR count). The molecule has 0 spiro atoms. The third-order valence-corrected chi connectivity index (χ3v) is 4.98. The van der Waals surface area contributed by atoms with Crippen molar-refractivity contribution >= 4 is 16.0 Å². The van der Waals surface area contributed by atoms with Crippen LogP contribution in [0.25, 0.3) is 0 Å². The van der Waals surface area contributed by atoms with Gasteiger partial charge >= 0.3 is 5.97 Å². The lowest BCUT2D eigenvalue weighted by molar-refractivity contribution is -0.139. The fourth-order valence-electron chi connectivity index (χ4n) is 2.16. The normalized spacial score (nSPS) is 12.7. The molecule has 0 aliphatic heterocycles. The van der Waals surface area contributed by atoms with Gasteiger partial charge in [0.1, 0.15) is 6.04 Å². The number of nitrogens with one attached hydrogen (secondary N) is 1. The van der Waals surface area contributed by atoms with Crippen LogP contribution in [0.2, 0.25) is 0 Å². The SMILES string of the molecule is Cc1ccc(S(=O)(=O)N[C@@H](CCc2ccccc2)C(=O)O)cc1. The summed E-state index contributed by atoms with van der Waals surface area (Å²) in [4.78, 5) is 11.4. The molecule has 5 nitrogen and oxygen atoms in total. The molecule has 0 unspecified atom stereocenters.